The second-order valence-electron chi connectivity index (χ2n) is 6.35. The van der Waals surface area contributed by atoms with E-state index in [1.165, 1.54) is 13.2 Å². The van der Waals surface area contributed by atoms with Gasteiger partial charge in [0.15, 0.2) is 11.5 Å². The van der Waals surface area contributed by atoms with E-state index in [1.807, 2.05) is 0 Å². The van der Waals surface area contributed by atoms with Gasteiger partial charge >= 0.3 is 11.9 Å². The quantitative estimate of drug-likeness (QED) is 0.499. The number of carbonyl (C=O) groups is 2. The molecule has 0 saturated heterocycles. The van der Waals surface area contributed by atoms with Crippen molar-refractivity contribution in [2.75, 3.05) is 21.0 Å². The molecule has 1 heterocycles. The maximum atomic E-state index is 12.4. The van der Waals surface area contributed by atoms with Gasteiger partial charge in [-0.15, -0.1) is 0 Å². The van der Waals surface area contributed by atoms with Gasteiger partial charge in [-0.2, -0.15) is 0 Å². The Kier molecular flexibility index (Phi) is 5.13. The third-order valence-electron chi connectivity index (χ3n) is 4.97. The highest BCUT2D eigenvalue weighted by molar-refractivity contribution is 5.96. The number of aliphatic hydroxyl groups is 3. The summed E-state index contributed by atoms with van der Waals surface area (Å²) in [7, 11) is 2.45. The number of hydrogen-bond donors (Lipinski definition) is 4. The molecular weight excluding hydrogens is 364 g/mol. The molecule has 10 heteroatoms. The molecule has 1 aliphatic carbocycles. The summed E-state index contributed by atoms with van der Waals surface area (Å²) in [6.07, 6.45) is -4.96. The number of rotatable bonds is 4. The van der Waals surface area contributed by atoms with Crippen molar-refractivity contribution in [2.24, 2.45) is 5.92 Å². The number of carboxylic acids is 1. The lowest BCUT2D eigenvalue weighted by atomic mass is 9.70. The van der Waals surface area contributed by atoms with Gasteiger partial charge in [-0.1, -0.05) is 0 Å². The van der Waals surface area contributed by atoms with Gasteiger partial charge in [0.25, 0.3) is 0 Å². The fraction of sp³-hybridized carbons (Fsp3) is 0.529. The van der Waals surface area contributed by atoms with Crippen LogP contribution in [0.25, 0.3) is 0 Å². The summed E-state index contributed by atoms with van der Waals surface area (Å²) in [5.41, 5.74) is 0.0663. The Morgan fingerprint density at radius 1 is 1.15 bits per heavy atom. The zero-order valence-electron chi connectivity index (χ0n) is 14.6. The number of aliphatic carboxylic acids is 1. The average Bonchev–Trinajstić information content (AvgIpc) is 3.11. The number of benzene rings is 1. The van der Waals surface area contributed by atoms with Gasteiger partial charge in [0.1, 0.15) is 11.7 Å². The Morgan fingerprint density at radius 2 is 1.85 bits per heavy atom. The fourth-order valence-corrected chi connectivity index (χ4v) is 3.69. The number of aliphatic hydroxyl groups excluding tert-OH is 3. The number of hydrogen-bond acceptors (Lipinski definition) is 9. The molecule has 1 aromatic carbocycles. The van der Waals surface area contributed by atoms with Crippen LogP contribution in [0, 0.1) is 5.92 Å². The van der Waals surface area contributed by atoms with Crippen LogP contribution in [0.4, 0.5) is 0 Å². The van der Waals surface area contributed by atoms with Crippen molar-refractivity contribution in [3.63, 3.8) is 0 Å². The van der Waals surface area contributed by atoms with Gasteiger partial charge in [-0.25, -0.2) is 4.79 Å². The van der Waals surface area contributed by atoms with Crippen LogP contribution in [0.2, 0.25) is 0 Å². The van der Waals surface area contributed by atoms with E-state index in [4.69, 9.17) is 18.9 Å². The molecule has 0 bridgehead atoms. The molecule has 10 nitrogen and oxygen atoms in total. The van der Waals surface area contributed by atoms with Gasteiger partial charge < -0.3 is 39.4 Å². The molecule has 0 aromatic heterocycles. The molecule has 0 unspecified atom stereocenters. The van der Waals surface area contributed by atoms with E-state index in [0.29, 0.717) is 0 Å². The van der Waals surface area contributed by atoms with E-state index in [-0.39, 0.29) is 41.6 Å². The van der Waals surface area contributed by atoms with Crippen LogP contribution in [-0.4, -0.2) is 71.7 Å². The second-order valence-corrected chi connectivity index (χ2v) is 6.35. The summed E-state index contributed by atoms with van der Waals surface area (Å²) >= 11 is 0. The number of fused-ring (bicyclic) bond motifs is 1. The van der Waals surface area contributed by atoms with Crippen LogP contribution in [0.15, 0.2) is 6.07 Å². The lowest BCUT2D eigenvalue weighted by Crippen LogP contribution is -2.52. The summed E-state index contributed by atoms with van der Waals surface area (Å²) in [4.78, 5) is 24.2. The Hall–Kier alpha value is -2.56. The highest BCUT2D eigenvalue weighted by Gasteiger charge is 2.49. The maximum absolute atomic E-state index is 12.4. The topological polar surface area (TPSA) is 152 Å². The van der Waals surface area contributed by atoms with E-state index in [2.05, 4.69) is 0 Å². The SMILES string of the molecule is COC(=O)c1c([C@H]2C[C@H](O)[C@@H](O)[C@@H](O)[C@@H]2C(=O)O)cc2c(c1OC)OCO2. The molecule has 0 amide bonds. The van der Waals surface area contributed by atoms with Gasteiger partial charge in [0, 0.05) is 5.92 Å². The minimum atomic E-state index is -1.74. The van der Waals surface area contributed by atoms with Crippen molar-refractivity contribution in [1.82, 2.24) is 0 Å². The molecule has 148 valence electrons. The van der Waals surface area contributed by atoms with E-state index < -0.39 is 42.1 Å². The third-order valence-corrected chi connectivity index (χ3v) is 4.97. The van der Waals surface area contributed by atoms with Crippen LogP contribution in [0.3, 0.4) is 0 Å². The average molecular weight is 384 g/mol. The molecule has 3 rings (SSSR count). The highest BCUT2D eigenvalue weighted by Crippen LogP contribution is 2.50. The molecule has 1 aromatic rings. The normalized spacial score (nSPS) is 29.3. The summed E-state index contributed by atoms with van der Waals surface area (Å²) in [5, 5.41) is 39.8. The molecule has 1 aliphatic heterocycles. The van der Waals surface area contributed by atoms with E-state index in [0.717, 1.165) is 7.11 Å². The number of methoxy groups -OCH3 is 2. The third kappa shape index (κ3) is 3.05. The minimum Gasteiger partial charge on any atom is -0.492 e. The Balaban J connectivity index is 2.22. The van der Waals surface area contributed by atoms with Crippen LogP contribution < -0.4 is 14.2 Å². The molecule has 0 radical (unpaired) electrons. The van der Waals surface area contributed by atoms with Gasteiger partial charge in [-0.05, 0) is 18.1 Å². The fourth-order valence-electron chi connectivity index (χ4n) is 3.69. The number of carbonyl (C=O) groups excluding carboxylic acids is 1. The van der Waals surface area contributed by atoms with Crippen molar-refractivity contribution in [2.45, 2.75) is 30.7 Å². The molecule has 27 heavy (non-hydrogen) atoms. The van der Waals surface area contributed by atoms with Crippen LogP contribution in [0.1, 0.15) is 28.3 Å². The first kappa shape index (κ1) is 19.2. The molecule has 2 aliphatic rings. The van der Waals surface area contributed by atoms with Crippen molar-refractivity contribution in [1.29, 1.82) is 0 Å². The molecule has 0 spiro atoms. The predicted octanol–water partition coefficient (Wildman–Crippen LogP) is -0.519. The van der Waals surface area contributed by atoms with Crippen molar-refractivity contribution in [3.05, 3.63) is 17.2 Å². The molecule has 5 atom stereocenters. The summed E-state index contributed by atoms with van der Waals surface area (Å²) in [6.45, 7) is -0.118. The van der Waals surface area contributed by atoms with Crippen molar-refractivity contribution >= 4 is 11.9 Å². The predicted molar refractivity (Wildman–Crippen MR) is 87.0 cm³/mol. The lowest BCUT2D eigenvalue weighted by Gasteiger charge is -2.39. The summed E-state index contributed by atoms with van der Waals surface area (Å²) in [6, 6.07) is 1.41. The summed E-state index contributed by atoms with van der Waals surface area (Å²) in [5.74, 6) is -4.28. The second kappa shape index (κ2) is 7.22. The first-order valence-corrected chi connectivity index (χ1v) is 8.17. The van der Waals surface area contributed by atoms with Crippen LogP contribution in [0.5, 0.6) is 17.2 Å². The first-order valence-electron chi connectivity index (χ1n) is 8.17. The highest BCUT2D eigenvalue weighted by atomic mass is 16.7. The number of carboxylic acid groups (broad SMARTS) is 1. The lowest BCUT2D eigenvalue weighted by molar-refractivity contribution is -0.163. The number of ether oxygens (including phenoxy) is 4. The Morgan fingerprint density at radius 3 is 2.44 bits per heavy atom. The Bertz CT molecular complexity index is 761. The van der Waals surface area contributed by atoms with Gasteiger partial charge in [0.2, 0.25) is 12.5 Å². The number of esters is 1. The standard InChI is InChI=1S/C17H20O10/c1-24-15-11(17(23)25-2)7(4-9-14(15)27-5-26-9)6-3-8(18)12(19)13(20)10(6)16(21)22/h4,6,8,10,12-13,18-20H,3,5H2,1-2H3,(H,21,22)/t6-,8+,10-,12-,13+/m1/s1. The minimum absolute atomic E-state index is 0.00564. The van der Waals surface area contributed by atoms with E-state index in [1.54, 1.807) is 0 Å². The zero-order valence-corrected chi connectivity index (χ0v) is 14.6. The van der Waals surface area contributed by atoms with Crippen molar-refractivity contribution in [3.8, 4) is 17.2 Å². The van der Waals surface area contributed by atoms with Gasteiger partial charge in [-0.3, -0.25) is 4.79 Å². The monoisotopic (exact) mass is 384 g/mol. The molecular formula is C17H20O10. The zero-order chi connectivity index (χ0) is 19.9. The van der Waals surface area contributed by atoms with E-state index in [9.17, 15) is 30.0 Å². The largest absolute Gasteiger partial charge is 0.492 e. The first-order chi connectivity index (χ1) is 12.8. The summed E-state index contributed by atoms with van der Waals surface area (Å²) < 4.78 is 20.7. The smallest absolute Gasteiger partial charge is 0.342 e. The maximum Gasteiger partial charge on any atom is 0.342 e. The molecule has 4 N–H and O–H groups in total. The Labute approximate surface area is 153 Å². The van der Waals surface area contributed by atoms with Gasteiger partial charge in [0.05, 0.1) is 32.3 Å². The molecule has 1 fully saturated rings. The van der Waals surface area contributed by atoms with E-state index >= 15 is 0 Å². The van der Waals surface area contributed by atoms with Crippen LogP contribution in [-0.2, 0) is 9.53 Å². The molecule has 1 saturated carbocycles. The van der Waals surface area contributed by atoms with Crippen LogP contribution >= 0.6 is 0 Å². The van der Waals surface area contributed by atoms with Crippen molar-refractivity contribution < 1.29 is 49.0 Å².